The smallest absolute Gasteiger partial charge is 0.295 e. The van der Waals surface area contributed by atoms with Crippen molar-refractivity contribution in [3.8, 4) is 0 Å². The standard InChI is InChI=1S/C20H13ClF2N6O3S/c1-10-6-16(17(22)23)28-20(24-10)26-18(27-28)19(30)25-12-7-13(29(31)32)9-15(8-12)33-14-4-2-11(21)3-5-14/h2-9,17H,1H3,(H,25,30). The van der Waals surface area contributed by atoms with E-state index in [2.05, 4.69) is 20.4 Å². The quantitative estimate of drug-likeness (QED) is 0.286. The number of hydrogen-bond donors (Lipinski definition) is 1. The van der Waals surface area contributed by atoms with Gasteiger partial charge in [-0.3, -0.25) is 14.9 Å². The zero-order valence-corrected chi connectivity index (χ0v) is 18.3. The summed E-state index contributed by atoms with van der Waals surface area (Å²) in [4.78, 5) is 32.6. The van der Waals surface area contributed by atoms with E-state index in [0.717, 1.165) is 15.5 Å². The van der Waals surface area contributed by atoms with Gasteiger partial charge in [-0.05, 0) is 43.3 Å². The molecule has 9 nitrogen and oxygen atoms in total. The Labute approximate surface area is 194 Å². The number of nitro benzene ring substituents is 1. The first-order chi connectivity index (χ1) is 15.7. The predicted molar refractivity (Wildman–Crippen MR) is 117 cm³/mol. The molecule has 2 aromatic heterocycles. The highest BCUT2D eigenvalue weighted by molar-refractivity contribution is 7.99. The van der Waals surface area contributed by atoms with E-state index in [-0.39, 0.29) is 17.2 Å². The molecule has 33 heavy (non-hydrogen) atoms. The third-order valence-electron chi connectivity index (χ3n) is 4.30. The molecule has 0 atom stereocenters. The van der Waals surface area contributed by atoms with Gasteiger partial charge in [0.1, 0.15) is 5.69 Å². The number of non-ortho nitro benzene ring substituents is 1. The number of carbonyl (C=O) groups excluding carboxylic acids is 1. The molecule has 0 radical (unpaired) electrons. The van der Waals surface area contributed by atoms with Crippen molar-refractivity contribution in [1.82, 2.24) is 19.6 Å². The van der Waals surface area contributed by atoms with Crippen molar-refractivity contribution in [3.63, 3.8) is 0 Å². The summed E-state index contributed by atoms with van der Waals surface area (Å²) in [5.74, 6) is -1.40. The maximum absolute atomic E-state index is 13.3. The molecule has 0 bridgehead atoms. The van der Waals surface area contributed by atoms with E-state index in [1.807, 2.05) is 0 Å². The molecule has 13 heteroatoms. The molecule has 4 aromatic rings. The first-order valence-electron chi connectivity index (χ1n) is 9.26. The van der Waals surface area contributed by atoms with Crippen molar-refractivity contribution in [2.45, 2.75) is 23.1 Å². The van der Waals surface area contributed by atoms with Gasteiger partial charge in [-0.1, -0.05) is 23.4 Å². The second-order valence-electron chi connectivity index (χ2n) is 6.75. The number of carbonyl (C=O) groups is 1. The van der Waals surface area contributed by atoms with Crippen molar-refractivity contribution in [1.29, 1.82) is 0 Å². The number of aryl methyl sites for hydroxylation is 1. The molecule has 0 aliphatic rings. The number of amides is 1. The average Bonchev–Trinajstić information content (AvgIpc) is 3.18. The van der Waals surface area contributed by atoms with Gasteiger partial charge < -0.3 is 5.32 Å². The van der Waals surface area contributed by atoms with Crippen LogP contribution in [0, 0.1) is 17.0 Å². The summed E-state index contributed by atoms with van der Waals surface area (Å²) in [6.45, 7) is 1.52. The molecule has 1 amide bonds. The molecular weight excluding hydrogens is 478 g/mol. The van der Waals surface area contributed by atoms with Gasteiger partial charge in [0.05, 0.1) is 4.92 Å². The molecule has 4 rings (SSSR count). The SMILES string of the molecule is Cc1cc(C(F)F)n2nc(C(=O)Nc3cc(Sc4ccc(Cl)cc4)cc([N+](=O)[O-])c3)nc2n1. The van der Waals surface area contributed by atoms with Crippen LogP contribution >= 0.6 is 23.4 Å². The number of nitrogens with zero attached hydrogens (tertiary/aromatic N) is 5. The Morgan fingerprint density at radius 1 is 1.15 bits per heavy atom. The molecule has 0 spiro atoms. The summed E-state index contributed by atoms with van der Waals surface area (Å²) in [5.41, 5.74) is -0.298. The number of nitro groups is 1. The first kappa shape index (κ1) is 22.6. The third kappa shape index (κ3) is 5.07. The number of fused-ring (bicyclic) bond motifs is 1. The lowest BCUT2D eigenvalue weighted by Crippen LogP contribution is -2.14. The molecule has 2 aromatic carbocycles. The number of rotatable bonds is 6. The van der Waals surface area contributed by atoms with Crippen LogP contribution in [0.1, 0.15) is 28.4 Å². The number of nitrogens with one attached hydrogen (secondary N) is 1. The van der Waals surface area contributed by atoms with Gasteiger partial charge in [-0.15, -0.1) is 5.10 Å². The summed E-state index contributed by atoms with van der Waals surface area (Å²) < 4.78 is 27.4. The first-order valence-corrected chi connectivity index (χ1v) is 10.5. The predicted octanol–water partition coefficient (Wildman–Crippen LogP) is 5.34. The minimum atomic E-state index is -2.85. The molecule has 2 heterocycles. The highest BCUT2D eigenvalue weighted by Gasteiger charge is 2.21. The van der Waals surface area contributed by atoms with Crippen LogP contribution in [0.2, 0.25) is 5.02 Å². The number of benzene rings is 2. The van der Waals surface area contributed by atoms with Crippen molar-refractivity contribution in [3.05, 3.63) is 80.9 Å². The van der Waals surface area contributed by atoms with Crippen LogP contribution < -0.4 is 5.32 Å². The normalized spacial score (nSPS) is 11.2. The van der Waals surface area contributed by atoms with Gasteiger partial charge in [0, 0.05) is 38.3 Å². The van der Waals surface area contributed by atoms with E-state index in [4.69, 9.17) is 11.6 Å². The minimum absolute atomic E-state index is 0.114. The fraction of sp³-hybridized carbons (Fsp3) is 0.100. The third-order valence-corrected chi connectivity index (χ3v) is 5.53. The Hall–Kier alpha value is -3.64. The van der Waals surface area contributed by atoms with Gasteiger partial charge in [0.2, 0.25) is 5.82 Å². The van der Waals surface area contributed by atoms with Crippen LogP contribution in [0.15, 0.2) is 58.3 Å². The lowest BCUT2D eigenvalue weighted by atomic mass is 10.2. The van der Waals surface area contributed by atoms with Crippen molar-refractivity contribution in [2.75, 3.05) is 5.32 Å². The Morgan fingerprint density at radius 2 is 1.88 bits per heavy atom. The van der Waals surface area contributed by atoms with E-state index in [9.17, 15) is 23.7 Å². The van der Waals surface area contributed by atoms with Crippen molar-refractivity contribution in [2.24, 2.45) is 0 Å². The van der Waals surface area contributed by atoms with Crippen LogP contribution in [0.25, 0.3) is 5.78 Å². The van der Waals surface area contributed by atoms with Gasteiger partial charge in [-0.2, -0.15) is 9.50 Å². The van der Waals surface area contributed by atoms with Crippen LogP contribution in [-0.2, 0) is 0 Å². The lowest BCUT2D eigenvalue weighted by molar-refractivity contribution is -0.385. The number of hydrogen-bond acceptors (Lipinski definition) is 7. The van der Waals surface area contributed by atoms with Crippen LogP contribution in [0.3, 0.4) is 0 Å². The van der Waals surface area contributed by atoms with E-state index >= 15 is 0 Å². The van der Waals surface area contributed by atoms with Crippen molar-refractivity contribution >= 4 is 46.4 Å². The Balaban J connectivity index is 1.64. The summed E-state index contributed by atoms with van der Waals surface area (Å²) >= 11 is 7.11. The molecule has 0 saturated heterocycles. The summed E-state index contributed by atoms with van der Waals surface area (Å²) in [6.07, 6.45) is -2.85. The highest BCUT2D eigenvalue weighted by atomic mass is 35.5. The molecular formula is C20H13ClF2N6O3S. The maximum atomic E-state index is 13.3. The van der Waals surface area contributed by atoms with E-state index in [0.29, 0.717) is 15.6 Å². The second-order valence-corrected chi connectivity index (χ2v) is 8.34. The summed E-state index contributed by atoms with van der Waals surface area (Å²) in [5, 5.41) is 18.2. The Morgan fingerprint density at radius 3 is 2.55 bits per heavy atom. The van der Waals surface area contributed by atoms with Gasteiger partial charge in [0.25, 0.3) is 23.8 Å². The van der Waals surface area contributed by atoms with Crippen LogP contribution in [0.5, 0.6) is 0 Å². The number of anilines is 1. The van der Waals surface area contributed by atoms with E-state index in [1.165, 1.54) is 36.9 Å². The lowest BCUT2D eigenvalue weighted by Gasteiger charge is -2.07. The zero-order chi connectivity index (χ0) is 23.7. The fourth-order valence-corrected chi connectivity index (χ4v) is 3.95. The summed E-state index contributed by atoms with van der Waals surface area (Å²) in [7, 11) is 0. The molecule has 1 N–H and O–H groups in total. The van der Waals surface area contributed by atoms with E-state index in [1.54, 1.807) is 24.3 Å². The fourth-order valence-electron chi connectivity index (χ4n) is 2.91. The number of halogens is 3. The Kier molecular flexibility index (Phi) is 6.20. The molecule has 168 valence electrons. The summed E-state index contributed by atoms with van der Waals surface area (Å²) in [6, 6.07) is 12.1. The molecule has 0 fully saturated rings. The average molecular weight is 491 g/mol. The Bertz CT molecular complexity index is 1380. The molecule has 0 unspecified atom stereocenters. The zero-order valence-electron chi connectivity index (χ0n) is 16.7. The van der Waals surface area contributed by atoms with Crippen LogP contribution in [0.4, 0.5) is 20.2 Å². The highest BCUT2D eigenvalue weighted by Crippen LogP contribution is 2.33. The van der Waals surface area contributed by atoms with E-state index < -0.39 is 28.8 Å². The number of alkyl halides is 2. The molecule has 0 aliphatic heterocycles. The minimum Gasteiger partial charge on any atom is -0.319 e. The largest absolute Gasteiger partial charge is 0.319 e. The topological polar surface area (TPSA) is 115 Å². The maximum Gasteiger partial charge on any atom is 0.295 e. The molecule has 0 saturated carbocycles. The van der Waals surface area contributed by atoms with Gasteiger partial charge in [-0.25, -0.2) is 13.8 Å². The van der Waals surface area contributed by atoms with Crippen molar-refractivity contribution < 1.29 is 18.5 Å². The number of aromatic nitrogens is 4. The van der Waals surface area contributed by atoms with Gasteiger partial charge in [0.15, 0.2) is 0 Å². The molecule has 0 aliphatic carbocycles. The monoisotopic (exact) mass is 490 g/mol. The van der Waals surface area contributed by atoms with Gasteiger partial charge >= 0.3 is 0 Å². The second kappa shape index (κ2) is 9.08. The van der Waals surface area contributed by atoms with Crippen LogP contribution in [-0.4, -0.2) is 30.4 Å².